The molecule has 1 aromatic heterocycles. The maximum absolute atomic E-state index is 13.0. The lowest BCUT2D eigenvalue weighted by Crippen LogP contribution is -2.17. The van der Waals surface area contributed by atoms with Crippen molar-refractivity contribution in [3.05, 3.63) is 52.7 Å². The molecule has 2 rings (SSSR count). The van der Waals surface area contributed by atoms with Crippen molar-refractivity contribution in [3.63, 3.8) is 0 Å². The summed E-state index contributed by atoms with van der Waals surface area (Å²) in [6, 6.07) is 6.25. The molecule has 0 saturated carbocycles. The zero-order valence-corrected chi connectivity index (χ0v) is 13.5. The summed E-state index contributed by atoms with van der Waals surface area (Å²) in [7, 11) is 0. The number of nitrogens with one attached hydrogen (secondary N) is 2. The number of anilines is 2. The number of nitrogens with zero attached hydrogens (tertiary/aromatic N) is 1. The predicted molar refractivity (Wildman–Crippen MR) is 87.4 cm³/mol. The highest BCUT2D eigenvalue weighted by Crippen LogP contribution is 2.36. The van der Waals surface area contributed by atoms with Gasteiger partial charge in [0.05, 0.1) is 16.8 Å². The molecule has 0 radical (unpaired) electrons. The van der Waals surface area contributed by atoms with Crippen molar-refractivity contribution in [2.45, 2.75) is 19.5 Å². The highest BCUT2D eigenvalue weighted by atomic mass is 35.5. The van der Waals surface area contributed by atoms with Crippen LogP contribution >= 0.6 is 11.6 Å². The van der Waals surface area contributed by atoms with Gasteiger partial charge in [0.25, 0.3) is 5.91 Å². The van der Waals surface area contributed by atoms with Crippen molar-refractivity contribution in [3.8, 4) is 0 Å². The largest absolute Gasteiger partial charge is 0.418 e. The second-order valence-electron chi connectivity index (χ2n) is 5.00. The van der Waals surface area contributed by atoms with Crippen LogP contribution < -0.4 is 10.6 Å². The van der Waals surface area contributed by atoms with Gasteiger partial charge in [-0.25, -0.2) is 4.98 Å². The molecule has 0 aliphatic heterocycles. The van der Waals surface area contributed by atoms with Crippen molar-refractivity contribution in [2.24, 2.45) is 0 Å². The number of carbonyl (C=O) groups excluding carboxylic acids is 1. The van der Waals surface area contributed by atoms with Crippen molar-refractivity contribution in [1.29, 1.82) is 0 Å². The number of pyridine rings is 1. The van der Waals surface area contributed by atoms with Crippen molar-refractivity contribution >= 4 is 29.0 Å². The van der Waals surface area contributed by atoms with E-state index < -0.39 is 17.6 Å². The van der Waals surface area contributed by atoms with Crippen LogP contribution in [0.2, 0.25) is 5.02 Å². The van der Waals surface area contributed by atoms with Crippen molar-refractivity contribution in [1.82, 2.24) is 4.98 Å². The fraction of sp³-hybridized carbons (Fsp3) is 0.250. The molecule has 0 atom stereocenters. The van der Waals surface area contributed by atoms with E-state index in [2.05, 4.69) is 15.6 Å². The van der Waals surface area contributed by atoms with Crippen LogP contribution in [-0.4, -0.2) is 17.4 Å². The van der Waals surface area contributed by atoms with E-state index in [9.17, 15) is 18.0 Å². The Kier molecular flexibility index (Phi) is 5.66. The van der Waals surface area contributed by atoms with E-state index in [1.54, 1.807) is 6.07 Å². The van der Waals surface area contributed by atoms with E-state index in [4.69, 9.17) is 11.6 Å². The molecular formula is C16H15ClF3N3O. The molecule has 128 valence electrons. The summed E-state index contributed by atoms with van der Waals surface area (Å²) in [5.74, 6) is -0.0896. The highest BCUT2D eigenvalue weighted by Gasteiger charge is 2.34. The number of amides is 1. The van der Waals surface area contributed by atoms with Crippen LogP contribution in [0.5, 0.6) is 0 Å². The third kappa shape index (κ3) is 4.61. The van der Waals surface area contributed by atoms with Gasteiger partial charge in [-0.1, -0.05) is 18.5 Å². The molecule has 1 aromatic carbocycles. The SMILES string of the molecule is CCCNc1ccc(C(=O)Nc2ccc(Cl)cc2C(F)(F)F)cn1. The minimum atomic E-state index is -4.63. The Bertz CT molecular complexity index is 717. The Labute approximate surface area is 142 Å². The number of benzene rings is 1. The van der Waals surface area contributed by atoms with Crippen LogP contribution in [0.25, 0.3) is 0 Å². The van der Waals surface area contributed by atoms with Gasteiger partial charge in [-0.2, -0.15) is 13.2 Å². The van der Waals surface area contributed by atoms with E-state index in [-0.39, 0.29) is 16.3 Å². The molecule has 24 heavy (non-hydrogen) atoms. The minimum absolute atomic E-state index is 0.0617. The number of alkyl halides is 3. The monoisotopic (exact) mass is 357 g/mol. The smallest absolute Gasteiger partial charge is 0.370 e. The van der Waals surface area contributed by atoms with Crippen LogP contribution in [0.15, 0.2) is 36.5 Å². The van der Waals surface area contributed by atoms with Crippen LogP contribution in [0.3, 0.4) is 0 Å². The Morgan fingerprint density at radius 3 is 2.58 bits per heavy atom. The molecule has 4 nitrogen and oxygen atoms in total. The molecule has 0 spiro atoms. The molecular weight excluding hydrogens is 343 g/mol. The summed E-state index contributed by atoms with van der Waals surface area (Å²) >= 11 is 5.61. The normalized spacial score (nSPS) is 11.2. The Hall–Kier alpha value is -2.28. The van der Waals surface area contributed by atoms with Gasteiger partial charge in [0.1, 0.15) is 5.82 Å². The van der Waals surface area contributed by atoms with Crippen LogP contribution in [-0.2, 0) is 6.18 Å². The number of halogens is 4. The molecule has 2 N–H and O–H groups in total. The van der Waals surface area contributed by atoms with Crippen LogP contribution in [0, 0.1) is 0 Å². The summed E-state index contributed by atoms with van der Waals surface area (Å²) in [5.41, 5.74) is -1.21. The third-order valence-corrected chi connectivity index (χ3v) is 3.35. The first-order valence-corrected chi connectivity index (χ1v) is 7.57. The molecule has 1 heterocycles. The van der Waals surface area contributed by atoms with Gasteiger partial charge in [-0.15, -0.1) is 0 Å². The summed E-state index contributed by atoms with van der Waals surface area (Å²) in [5, 5.41) is 5.22. The average molecular weight is 358 g/mol. The van der Waals surface area contributed by atoms with E-state index in [0.717, 1.165) is 25.1 Å². The first kappa shape index (κ1) is 18.1. The Balaban J connectivity index is 2.18. The number of rotatable bonds is 5. The summed E-state index contributed by atoms with van der Waals surface area (Å²) in [6.45, 7) is 2.73. The quantitative estimate of drug-likeness (QED) is 0.806. The maximum atomic E-state index is 13.0. The standard InChI is InChI=1S/C16H15ClF3N3O/c1-2-7-21-14-6-3-10(9-22-14)15(24)23-13-5-4-11(17)8-12(13)16(18,19)20/h3-6,8-9H,2,7H2,1H3,(H,21,22)(H,23,24). The Morgan fingerprint density at radius 1 is 1.25 bits per heavy atom. The predicted octanol–water partition coefficient (Wildman–Crippen LogP) is 4.83. The van der Waals surface area contributed by atoms with Gasteiger partial charge < -0.3 is 10.6 Å². The zero-order chi connectivity index (χ0) is 17.7. The third-order valence-electron chi connectivity index (χ3n) is 3.12. The number of hydrogen-bond acceptors (Lipinski definition) is 3. The van der Waals surface area contributed by atoms with E-state index in [1.165, 1.54) is 18.3 Å². The van der Waals surface area contributed by atoms with Crippen molar-refractivity contribution < 1.29 is 18.0 Å². The second-order valence-corrected chi connectivity index (χ2v) is 5.44. The van der Waals surface area contributed by atoms with Gasteiger partial charge in [0.2, 0.25) is 0 Å². The fourth-order valence-corrected chi connectivity index (χ4v) is 2.11. The average Bonchev–Trinajstić information content (AvgIpc) is 2.54. The number of hydrogen-bond donors (Lipinski definition) is 2. The van der Waals surface area contributed by atoms with Crippen LogP contribution in [0.1, 0.15) is 29.3 Å². The van der Waals surface area contributed by atoms with Gasteiger partial charge in [-0.05, 0) is 36.8 Å². The van der Waals surface area contributed by atoms with E-state index in [0.29, 0.717) is 5.82 Å². The first-order valence-electron chi connectivity index (χ1n) is 7.19. The van der Waals surface area contributed by atoms with Gasteiger partial charge >= 0.3 is 6.18 Å². The molecule has 0 saturated heterocycles. The minimum Gasteiger partial charge on any atom is -0.370 e. The van der Waals surface area contributed by atoms with Crippen LogP contribution in [0.4, 0.5) is 24.7 Å². The second kappa shape index (κ2) is 7.53. The lowest BCUT2D eigenvalue weighted by Gasteiger charge is -2.14. The summed E-state index contributed by atoms with van der Waals surface area (Å²) in [4.78, 5) is 16.2. The Morgan fingerprint density at radius 2 is 2.00 bits per heavy atom. The van der Waals surface area contributed by atoms with Gasteiger partial charge in [-0.3, -0.25) is 4.79 Å². The molecule has 0 aliphatic rings. The van der Waals surface area contributed by atoms with Crippen molar-refractivity contribution in [2.75, 3.05) is 17.2 Å². The highest BCUT2D eigenvalue weighted by molar-refractivity contribution is 6.30. The lowest BCUT2D eigenvalue weighted by molar-refractivity contribution is -0.136. The first-order chi connectivity index (χ1) is 11.3. The summed E-state index contributed by atoms with van der Waals surface area (Å²) in [6.07, 6.45) is -2.41. The molecule has 8 heteroatoms. The molecule has 0 bridgehead atoms. The lowest BCUT2D eigenvalue weighted by atomic mass is 10.1. The molecule has 0 unspecified atom stereocenters. The van der Waals surface area contributed by atoms with Gasteiger partial charge in [0.15, 0.2) is 0 Å². The zero-order valence-electron chi connectivity index (χ0n) is 12.7. The fourth-order valence-electron chi connectivity index (χ4n) is 1.94. The topological polar surface area (TPSA) is 54.0 Å². The summed E-state index contributed by atoms with van der Waals surface area (Å²) < 4.78 is 39.1. The van der Waals surface area contributed by atoms with E-state index >= 15 is 0 Å². The molecule has 0 fully saturated rings. The number of carbonyl (C=O) groups is 1. The molecule has 2 aromatic rings. The van der Waals surface area contributed by atoms with Gasteiger partial charge in [0, 0.05) is 17.8 Å². The number of aromatic nitrogens is 1. The maximum Gasteiger partial charge on any atom is 0.418 e. The van der Waals surface area contributed by atoms with E-state index in [1.807, 2.05) is 6.92 Å². The molecule has 0 aliphatic carbocycles. The molecule has 1 amide bonds.